The molecular weight excluding hydrogens is 330 g/mol. The fourth-order valence-corrected chi connectivity index (χ4v) is 2.33. The highest BCUT2D eigenvalue weighted by Gasteiger charge is 2.07. The molecule has 0 saturated carbocycles. The van der Waals surface area contributed by atoms with Crippen molar-refractivity contribution in [2.75, 3.05) is 0 Å². The molecule has 0 aliphatic rings. The Hall–Kier alpha value is -1.81. The zero-order chi connectivity index (χ0) is 15.4. The molecular formula is C17H18BrNO2. The molecule has 1 unspecified atom stereocenters. The largest absolute Gasteiger partial charge is 0.507 e. The van der Waals surface area contributed by atoms with E-state index < -0.39 is 0 Å². The number of halogens is 1. The molecule has 0 aliphatic heterocycles. The third-order valence-electron chi connectivity index (χ3n) is 3.51. The van der Waals surface area contributed by atoms with E-state index in [2.05, 4.69) is 34.8 Å². The van der Waals surface area contributed by atoms with Crippen LogP contribution < -0.4 is 0 Å². The third-order valence-corrected chi connectivity index (χ3v) is 4.01. The maximum atomic E-state index is 9.91. The molecule has 0 radical (unpaired) electrons. The van der Waals surface area contributed by atoms with Crippen molar-refractivity contribution in [3.8, 4) is 11.5 Å². The molecule has 4 heteroatoms. The molecule has 21 heavy (non-hydrogen) atoms. The van der Waals surface area contributed by atoms with Crippen molar-refractivity contribution in [2.24, 2.45) is 4.99 Å². The lowest BCUT2D eigenvalue weighted by atomic mass is 9.98. The van der Waals surface area contributed by atoms with Gasteiger partial charge >= 0.3 is 0 Å². The quantitative estimate of drug-likeness (QED) is 0.753. The molecule has 2 aromatic carbocycles. The molecule has 3 nitrogen and oxygen atoms in total. The molecule has 0 aromatic heterocycles. The minimum absolute atomic E-state index is 0.132. The van der Waals surface area contributed by atoms with Crippen LogP contribution in [0.4, 0.5) is 5.69 Å². The second-order valence-corrected chi connectivity index (χ2v) is 5.93. The Morgan fingerprint density at radius 3 is 2.57 bits per heavy atom. The van der Waals surface area contributed by atoms with Gasteiger partial charge in [-0.05, 0) is 48.2 Å². The van der Waals surface area contributed by atoms with Crippen molar-refractivity contribution in [3.63, 3.8) is 0 Å². The molecule has 0 spiro atoms. The SMILES string of the molecule is CCC(C)c1ccc(O)c(N=Cc2cc(Br)ccc2O)c1. The van der Waals surface area contributed by atoms with Crippen molar-refractivity contribution in [1.29, 1.82) is 0 Å². The van der Waals surface area contributed by atoms with Crippen molar-refractivity contribution < 1.29 is 10.2 Å². The Labute approximate surface area is 133 Å². The third kappa shape index (κ3) is 3.85. The van der Waals surface area contributed by atoms with Crippen LogP contribution >= 0.6 is 15.9 Å². The number of benzene rings is 2. The summed E-state index contributed by atoms with van der Waals surface area (Å²) in [6, 6.07) is 10.6. The molecule has 0 heterocycles. The maximum Gasteiger partial charge on any atom is 0.141 e. The van der Waals surface area contributed by atoms with Crippen LogP contribution in [0.1, 0.15) is 37.3 Å². The Morgan fingerprint density at radius 1 is 1.14 bits per heavy atom. The topological polar surface area (TPSA) is 52.8 Å². The average molecular weight is 348 g/mol. The van der Waals surface area contributed by atoms with E-state index in [4.69, 9.17) is 0 Å². The van der Waals surface area contributed by atoms with E-state index in [1.165, 1.54) is 0 Å². The summed E-state index contributed by atoms with van der Waals surface area (Å²) in [4.78, 5) is 4.30. The molecule has 1 atom stereocenters. The lowest BCUT2D eigenvalue weighted by molar-refractivity contribution is 0.473. The highest BCUT2D eigenvalue weighted by atomic mass is 79.9. The van der Waals surface area contributed by atoms with Gasteiger partial charge < -0.3 is 10.2 Å². The van der Waals surface area contributed by atoms with E-state index in [1.54, 1.807) is 30.5 Å². The summed E-state index contributed by atoms with van der Waals surface area (Å²) in [5.74, 6) is 0.700. The van der Waals surface area contributed by atoms with E-state index in [1.807, 2.05) is 12.1 Å². The van der Waals surface area contributed by atoms with Crippen molar-refractivity contribution in [3.05, 3.63) is 52.0 Å². The number of phenolic OH excluding ortho intramolecular Hbond substituents is 2. The number of hydrogen-bond donors (Lipinski definition) is 2. The second-order valence-electron chi connectivity index (χ2n) is 5.02. The number of hydrogen-bond acceptors (Lipinski definition) is 3. The number of aliphatic imine (C=N–C) groups is 1. The van der Waals surface area contributed by atoms with Crippen LogP contribution in [0.2, 0.25) is 0 Å². The van der Waals surface area contributed by atoms with Crippen LogP contribution in [0, 0.1) is 0 Å². The van der Waals surface area contributed by atoms with Gasteiger partial charge in [0.1, 0.15) is 17.2 Å². The Bertz CT molecular complexity index is 668. The molecule has 0 bridgehead atoms. The lowest BCUT2D eigenvalue weighted by Gasteiger charge is -2.10. The molecule has 0 fully saturated rings. The summed E-state index contributed by atoms with van der Waals surface area (Å²) in [6.07, 6.45) is 2.58. The molecule has 0 amide bonds. The Balaban J connectivity index is 2.34. The molecule has 0 saturated heterocycles. The van der Waals surface area contributed by atoms with Gasteiger partial charge in [0.15, 0.2) is 0 Å². The first-order valence-electron chi connectivity index (χ1n) is 6.86. The van der Waals surface area contributed by atoms with Gasteiger partial charge in [0.25, 0.3) is 0 Å². The summed E-state index contributed by atoms with van der Waals surface area (Å²) in [5, 5.41) is 19.7. The van der Waals surface area contributed by atoms with Gasteiger partial charge in [-0.25, -0.2) is 0 Å². The first kappa shape index (κ1) is 15.6. The molecule has 0 aliphatic carbocycles. The summed E-state index contributed by atoms with van der Waals surface area (Å²) in [5.41, 5.74) is 2.24. The van der Waals surface area contributed by atoms with Crippen molar-refractivity contribution in [2.45, 2.75) is 26.2 Å². The van der Waals surface area contributed by atoms with Crippen LogP contribution in [0.25, 0.3) is 0 Å². The summed E-state index contributed by atoms with van der Waals surface area (Å²) in [7, 11) is 0. The van der Waals surface area contributed by atoms with Crippen LogP contribution in [0.3, 0.4) is 0 Å². The molecule has 110 valence electrons. The highest BCUT2D eigenvalue weighted by molar-refractivity contribution is 9.10. The summed E-state index contributed by atoms with van der Waals surface area (Å²) in [6.45, 7) is 4.26. The summed E-state index contributed by atoms with van der Waals surface area (Å²) >= 11 is 3.35. The number of rotatable bonds is 4. The fraction of sp³-hybridized carbons (Fsp3) is 0.235. The van der Waals surface area contributed by atoms with Crippen molar-refractivity contribution in [1.82, 2.24) is 0 Å². The number of aromatic hydroxyl groups is 2. The highest BCUT2D eigenvalue weighted by Crippen LogP contribution is 2.31. The molecule has 2 aromatic rings. The first-order valence-corrected chi connectivity index (χ1v) is 7.66. The van der Waals surface area contributed by atoms with Gasteiger partial charge in [-0.1, -0.05) is 35.8 Å². The van der Waals surface area contributed by atoms with Gasteiger partial charge in [-0.2, -0.15) is 0 Å². The van der Waals surface area contributed by atoms with Crippen LogP contribution in [0.5, 0.6) is 11.5 Å². The fourth-order valence-electron chi connectivity index (χ4n) is 1.95. The zero-order valence-corrected chi connectivity index (χ0v) is 13.6. The Morgan fingerprint density at radius 2 is 1.86 bits per heavy atom. The van der Waals surface area contributed by atoms with E-state index in [9.17, 15) is 10.2 Å². The predicted octanol–water partition coefficient (Wildman–Crippen LogP) is 5.12. The van der Waals surface area contributed by atoms with Crippen LogP contribution in [0.15, 0.2) is 45.9 Å². The van der Waals surface area contributed by atoms with Gasteiger partial charge in [0.2, 0.25) is 0 Å². The smallest absolute Gasteiger partial charge is 0.141 e. The average Bonchev–Trinajstić information content (AvgIpc) is 2.48. The number of phenols is 2. The standard InChI is InChI=1S/C17H18BrNO2/c1-3-11(2)12-4-6-17(21)15(9-12)19-10-13-8-14(18)5-7-16(13)20/h4-11,20-21H,3H2,1-2H3. The van der Waals surface area contributed by atoms with Gasteiger partial charge in [0, 0.05) is 16.3 Å². The normalized spacial score (nSPS) is 12.7. The van der Waals surface area contributed by atoms with Gasteiger partial charge in [0.05, 0.1) is 0 Å². The van der Waals surface area contributed by atoms with E-state index >= 15 is 0 Å². The van der Waals surface area contributed by atoms with Crippen molar-refractivity contribution >= 4 is 27.8 Å². The molecule has 2 rings (SSSR count). The Kier molecular flexibility index (Phi) is 5.02. The van der Waals surface area contributed by atoms with E-state index in [0.717, 1.165) is 16.5 Å². The minimum Gasteiger partial charge on any atom is -0.507 e. The van der Waals surface area contributed by atoms with Gasteiger partial charge in [-0.15, -0.1) is 0 Å². The monoisotopic (exact) mass is 347 g/mol. The van der Waals surface area contributed by atoms with E-state index in [-0.39, 0.29) is 11.5 Å². The maximum absolute atomic E-state index is 9.91. The lowest BCUT2D eigenvalue weighted by Crippen LogP contribution is -1.90. The minimum atomic E-state index is 0.132. The number of nitrogens with zero attached hydrogens (tertiary/aromatic N) is 1. The van der Waals surface area contributed by atoms with E-state index in [0.29, 0.717) is 17.2 Å². The predicted molar refractivity (Wildman–Crippen MR) is 89.9 cm³/mol. The van der Waals surface area contributed by atoms with Crippen LogP contribution in [-0.2, 0) is 0 Å². The first-order chi connectivity index (χ1) is 10.0. The second kappa shape index (κ2) is 6.76. The molecule has 2 N–H and O–H groups in total. The summed E-state index contributed by atoms with van der Waals surface area (Å²) < 4.78 is 0.860. The van der Waals surface area contributed by atoms with Gasteiger partial charge in [-0.3, -0.25) is 4.99 Å². The zero-order valence-electron chi connectivity index (χ0n) is 12.0. The van der Waals surface area contributed by atoms with Crippen LogP contribution in [-0.4, -0.2) is 16.4 Å².